The van der Waals surface area contributed by atoms with Crippen LogP contribution in [0.3, 0.4) is 0 Å². The van der Waals surface area contributed by atoms with E-state index in [0.717, 1.165) is 22.4 Å². The Hall–Kier alpha value is -4.51. The first-order valence-corrected chi connectivity index (χ1v) is 10.3. The number of amides is 2. The number of aromatic nitrogens is 1. The Kier molecular flexibility index (Phi) is 7.50. The highest BCUT2D eigenvalue weighted by molar-refractivity contribution is 6.04. The largest absolute Gasteiger partial charge is 0.323 e. The molecule has 0 atom stereocenters. The normalized spacial score (nSPS) is 10.5. The van der Waals surface area contributed by atoms with Crippen molar-refractivity contribution >= 4 is 29.7 Å². The molecule has 3 rings (SSSR count). The predicted octanol–water partition coefficient (Wildman–Crippen LogP) is 6.11. The molecule has 3 aromatic rings. The minimum absolute atomic E-state index is 0.220. The summed E-state index contributed by atoms with van der Waals surface area (Å²) in [6, 6.07) is 16.1. The summed E-state index contributed by atoms with van der Waals surface area (Å²) in [6.07, 6.45) is 8.70. The van der Waals surface area contributed by atoms with Crippen LogP contribution in [0.5, 0.6) is 0 Å². The highest BCUT2D eigenvalue weighted by atomic mass is 16.2. The molecule has 33 heavy (non-hydrogen) atoms. The first kappa shape index (κ1) is 23.2. The van der Waals surface area contributed by atoms with Crippen LogP contribution < -0.4 is 10.6 Å². The van der Waals surface area contributed by atoms with Gasteiger partial charge in [-0.05, 0) is 60.5 Å². The number of nitrogens with zero attached hydrogens (tertiary/aromatic N) is 1. The molecule has 5 nitrogen and oxygen atoms in total. The Morgan fingerprint density at radius 2 is 1.64 bits per heavy atom. The first-order chi connectivity index (χ1) is 15.9. The molecule has 0 fully saturated rings. The number of hydrogen-bond donors (Lipinski definition) is 2. The third kappa shape index (κ3) is 5.80. The van der Waals surface area contributed by atoms with Gasteiger partial charge in [0, 0.05) is 22.4 Å². The van der Waals surface area contributed by atoms with Crippen molar-refractivity contribution in [1.82, 2.24) is 10.3 Å². The quantitative estimate of drug-likeness (QED) is 0.420. The van der Waals surface area contributed by atoms with Crippen LogP contribution in [0.15, 0.2) is 98.4 Å². The third-order valence-corrected chi connectivity index (χ3v) is 4.90. The lowest BCUT2D eigenvalue weighted by molar-refractivity contribution is 0.0966. The molecule has 0 spiro atoms. The highest BCUT2D eigenvalue weighted by Gasteiger charge is 2.10. The predicted molar refractivity (Wildman–Crippen MR) is 136 cm³/mol. The molecule has 5 heteroatoms. The molecule has 1 aromatic heterocycles. The molecule has 0 aliphatic rings. The second-order valence-corrected chi connectivity index (χ2v) is 7.19. The third-order valence-electron chi connectivity index (χ3n) is 4.90. The van der Waals surface area contributed by atoms with Gasteiger partial charge in [0.05, 0.1) is 17.6 Å². The van der Waals surface area contributed by atoms with Crippen LogP contribution in [0, 0.1) is 0 Å². The van der Waals surface area contributed by atoms with Crippen LogP contribution in [-0.4, -0.2) is 16.8 Å². The highest BCUT2D eigenvalue weighted by Crippen LogP contribution is 2.21. The molecule has 164 valence electrons. The summed E-state index contributed by atoms with van der Waals surface area (Å²) in [5.41, 5.74) is 5.55. The maximum Gasteiger partial charge on any atom is 0.255 e. The lowest BCUT2D eigenvalue weighted by Crippen LogP contribution is -2.20. The maximum atomic E-state index is 12.7. The summed E-state index contributed by atoms with van der Waals surface area (Å²) in [4.78, 5) is 29.3. The van der Waals surface area contributed by atoms with Gasteiger partial charge in [0.25, 0.3) is 11.8 Å². The number of carbonyl (C=O) groups excluding carboxylic acids is 2. The minimum Gasteiger partial charge on any atom is -0.323 e. The van der Waals surface area contributed by atoms with E-state index < -0.39 is 0 Å². The zero-order valence-corrected chi connectivity index (χ0v) is 18.5. The lowest BCUT2D eigenvalue weighted by Gasteiger charge is -2.09. The van der Waals surface area contributed by atoms with E-state index >= 15 is 0 Å². The van der Waals surface area contributed by atoms with Crippen molar-refractivity contribution in [2.75, 3.05) is 5.32 Å². The van der Waals surface area contributed by atoms with Gasteiger partial charge in [-0.2, -0.15) is 0 Å². The van der Waals surface area contributed by atoms with Crippen LogP contribution in [0.2, 0.25) is 0 Å². The number of hydrogen-bond acceptors (Lipinski definition) is 3. The van der Waals surface area contributed by atoms with Gasteiger partial charge in [0.15, 0.2) is 0 Å². The number of nitrogens with one attached hydrogen (secondary N) is 2. The standard InChI is InChI=1S/C28H25N3O2/c1-5-8-23-17-24(14-9-20(23)7-3)28(33)31-25-15-16-26(29-18-25)21-10-12-22(13-11-21)27(32)30-19(4)6-2/h5-18H,2-4H2,1H3,(H,30,32)(H,31,33)/b8-5-. The number of allylic oxidation sites excluding steroid dienone is 2. The average Bonchev–Trinajstić information content (AvgIpc) is 2.84. The molecule has 0 radical (unpaired) electrons. The molecule has 0 unspecified atom stereocenters. The fourth-order valence-corrected chi connectivity index (χ4v) is 3.13. The summed E-state index contributed by atoms with van der Waals surface area (Å²) in [7, 11) is 0. The number of rotatable bonds is 8. The van der Waals surface area contributed by atoms with Crippen molar-refractivity contribution < 1.29 is 9.59 Å². The van der Waals surface area contributed by atoms with Crippen LogP contribution in [0.25, 0.3) is 23.4 Å². The van der Waals surface area contributed by atoms with E-state index in [0.29, 0.717) is 22.5 Å². The Balaban J connectivity index is 1.70. The van der Waals surface area contributed by atoms with Crippen LogP contribution in [-0.2, 0) is 0 Å². The van der Waals surface area contributed by atoms with Gasteiger partial charge in [0.2, 0.25) is 0 Å². The van der Waals surface area contributed by atoms with E-state index in [-0.39, 0.29) is 11.8 Å². The van der Waals surface area contributed by atoms with E-state index in [4.69, 9.17) is 0 Å². The zero-order chi connectivity index (χ0) is 23.8. The van der Waals surface area contributed by atoms with Crippen molar-refractivity contribution in [3.8, 4) is 11.3 Å². The van der Waals surface area contributed by atoms with Crippen molar-refractivity contribution in [1.29, 1.82) is 0 Å². The molecule has 0 saturated carbocycles. The first-order valence-electron chi connectivity index (χ1n) is 10.3. The second kappa shape index (κ2) is 10.7. The lowest BCUT2D eigenvalue weighted by atomic mass is 10.0. The molecule has 1 heterocycles. The molecule has 2 N–H and O–H groups in total. The zero-order valence-electron chi connectivity index (χ0n) is 18.5. The van der Waals surface area contributed by atoms with E-state index in [1.165, 1.54) is 6.08 Å². The molecule has 0 aliphatic heterocycles. The summed E-state index contributed by atoms with van der Waals surface area (Å²) in [6.45, 7) is 13.0. The number of carbonyl (C=O) groups is 2. The summed E-state index contributed by atoms with van der Waals surface area (Å²) < 4.78 is 0. The van der Waals surface area contributed by atoms with Gasteiger partial charge in [-0.3, -0.25) is 14.6 Å². The Morgan fingerprint density at radius 1 is 0.909 bits per heavy atom. The SMILES string of the molecule is C=CC(=C)NC(=O)c1ccc(-c2ccc(NC(=O)c3ccc(C=C)c(/C=C\C)c3)cn2)cc1. The smallest absolute Gasteiger partial charge is 0.255 e. The Labute approximate surface area is 193 Å². The number of anilines is 1. The Bertz CT molecular complexity index is 1240. The Morgan fingerprint density at radius 3 is 2.24 bits per heavy atom. The van der Waals surface area contributed by atoms with Gasteiger partial charge in [-0.1, -0.05) is 56.2 Å². The topological polar surface area (TPSA) is 71.1 Å². The fraction of sp³-hybridized carbons (Fsp3) is 0.0357. The minimum atomic E-state index is -0.254. The van der Waals surface area contributed by atoms with E-state index in [1.807, 2.05) is 49.4 Å². The number of pyridine rings is 1. The van der Waals surface area contributed by atoms with Crippen molar-refractivity contribution in [2.45, 2.75) is 6.92 Å². The second-order valence-electron chi connectivity index (χ2n) is 7.19. The molecule has 0 bridgehead atoms. The maximum absolute atomic E-state index is 12.7. The van der Waals surface area contributed by atoms with Crippen LogP contribution in [0.4, 0.5) is 5.69 Å². The summed E-state index contributed by atoms with van der Waals surface area (Å²) in [5, 5.41) is 5.52. The summed E-state index contributed by atoms with van der Waals surface area (Å²) in [5.74, 6) is -0.474. The van der Waals surface area contributed by atoms with E-state index in [1.54, 1.807) is 36.5 Å². The van der Waals surface area contributed by atoms with Crippen molar-refractivity contribution in [2.24, 2.45) is 0 Å². The van der Waals surface area contributed by atoms with Gasteiger partial charge in [0.1, 0.15) is 0 Å². The van der Waals surface area contributed by atoms with Gasteiger partial charge in [-0.15, -0.1) is 0 Å². The van der Waals surface area contributed by atoms with E-state index in [9.17, 15) is 9.59 Å². The molecule has 2 amide bonds. The number of benzene rings is 2. The van der Waals surface area contributed by atoms with Gasteiger partial charge in [-0.25, -0.2) is 0 Å². The van der Waals surface area contributed by atoms with E-state index in [2.05, 4.69) is 35.4 Å². The monoisotopic (exact) mass is 435 g/mol. The van der Waals surface area contributed by atoms with Crippen molar-refractivity contribution in [3.05, 3.63) is 121 Å². The molecule has 0 saturated heterocycles. The average molecular weight is 436 g/mol. The molecule has 0 aliphatic carbocycles. The molecular weight excluding hydrogens is 410 g/mol. The van der Waals surface area contributed by atoms with Gasteiger partial charge >= 0.3 is 0 Å². The van der Waals surface area contributed by atoms with Gasteiger partial charge < -0.3 is 10.6 Å². The fourth-order valence-electron chi connectivity index (χ4n) is 3.13. The summed E-state index contributed by atoms with van der Waals surface area (Å²) >= 11 is 0. The van der Waals surface area contributed by atoms with Crippen LogP contribution >= 0.6 is 0 Å². The molecular formula is C28H25N3O2. The van der Waals surface area contributed by atoms with Crippen LogP contribution in [0.1, 0.15) is 38.8 Å². The molecule has 2 aromatic carbocycles. The van der Waals surface area contributed by atoms with Crippen molar-refractivity contribution in [3.63, 3.8) is 0 Å².